The van der Waals surface area contributed by atoms with Gasteiger partial charge in [0, 0.05) is 30.6 Å². The molecule has 3 N–H and O–H groups in total. The first kappa shape index (κ1) is 37.7. The lowest BCUT2D eigenvalue weighted by molar-refractivity contribution is -0.117. The van der Waals surface area contributed by atoms with Gasteiger partial charge in [0.05, 0.1) is 18.9 Å². The van der Waals surface area contributed by atoms with E-state index in [-0.39, 0.29) is 16.3 Å². The number of nitrogens with zero attached hydrogens (tertiary/aromatic N) is 1. The quantitative estimate of drug-likeness (QED) is 0.276. The minimum atomic E-state index is -0.161. The normalized spacial score (nSPS) is 13.2. The molecule has 1 aromatic rings. The average Bonchev–Trinajstić information content (AvgIpc) is 2.74. The van der Waals surface area contributed by atoms with Gasteiger partial charge >= 0.3 is 0 Å². The monoisotopic (exact) mass is 539 g/mol. The fraction of sp³-hybridized carbons (Fsp3) is 0.767. The molecule has 0 unspecified atom stereocenters. The van der Waals surface area contributed by atoms with Gasteiger partial charge in [0.1, 0.15) is 4.51 Å². The molecule has 0 saturated carbocycles. The number of Topliss-reactive ketones (excluding diaryl/α,β-unsaturated/α-hetero) is 1. The number of carbonyl (C=O) groups is 1. The molecule has 2 rings (SSSR count). The van der Waals surface area contributed by atoms with Crippen LogP contribution in [0.5, 0.6) is 0 Å². The molecule has 0 aromatic heterocycles. The van der Waals surface area contributed by atoms with Gasteiger partial charge in [-0.2, -0.15) is 0 Å². The zero-order chi connectivity index (χ0) is 29.4. The van der Waals surface area contributed by atoms with Gasteiger partial charge in [-0.3, -0.25) is 9.59 Å². The summed E-state index contributed by atoms with van der Waals surface area (Å²) in [6.45, 7) is 27.5. The first-order valence-electron chi connectivity index (χ1n) is 13.8. The van der Waals surface area contributed by atoms with Crippen LogP contribution in [0.2, 0.25) is 0 Å². The average molecular weight is 540 g/mol. The van der Waals surface area contributed by atoms with Crippen molar-refractivity contribution < 1.29 is 9.53 Å². The third-order valence-electron chi connectivity index (χ3n) is 5.31. The van der Waals surface area contributed by atoms with Crippen molar-refractivity contribution in [2.45, 2.75) is 101 Å². The van der Waals surface area contributed by atoms with Gasteiger partial charge in [0.15, 0.2) is 5.78 Å². The van der Waals surface area contributed by atoms with Crippen molar-refractivity contribution in [1.29, 1.82) is 0 Å². The summed E-state index contributed by atoms with van der Waals surface area (Å²) >= 11 is 5.12. The molecule has 7 heteroatoms. The number of allylic oxidation sites excluding steroid dienone is 2. The number of hydrogen-bond donors (Lipinski definition) is 2. The van der Waals surface area contributed by atoms with Crippen molar-refractivity contribution in [2.75, 3.05) is 51.8 Å². The second kappa shape index (κ2) is 18.8. The molecule has 6 nitrogen and oxygen atoms in total. The molecular weight excluding hydrogens is 482 g/mol. The number of ketones is 1. The molecule has 216 valence electrons. The SMILES string of the molecule is CC1=C(C(C)(C)C)C(=O)C1.CCC.CCCN(C)CCOCCNc1c(C(C)(C)C)c(=O)c1=S.CCN. The van der Waals surface area contributed by atoms with Crippen LogP contribution in [0.15, 0.2) is 15.9 Å². The van der Waals surface area contributed by atoms with E-state index in [2.05, 4.69) is 58.8 Å². The summed E-state index contributed by atoms with van der Waals surface area (Å²) in [5, 5.41) is 3.25. The summed E-state index contributed by atoms with van der Waals surface area (Å²) in [4.78, 5) is 25.1. The number of carbonyl (C=O) groups excluding carboxylic acids is 1. The van der Waals surface area contributed by atoms with E-state index < -0.39 is 0 Å². The minimum Gasteiger partial charge on any atom is -0.381 e. The van der Waals surface area contributed by atoms with Crippen molar-refractivity contribution in [3.8, 4) is 0 Å². The van der Waals surface area contributed by atoms with Gasteiger partial charge in [0.2, 0.25) is 5.43 Å². The molecular formula is C30H57N3O3S. The third-order valence-corrected chi connectivity index (χ3v) is 5.70. The Morgan fingerprint density at radius 3 is 1.84 bits per heavy atom. The highest BCUT2D eigenvalue weighted by Crippen LogP contribution is 2.37. The number of nitrogens with one attached hydrogen (secondary N) is 1. The standard InChI is InChI=1S/C16H28N2O2S.C9H14O.C3H8.C2H7N/c1-6-8-18(5)9-11-20-10-7-17-13-12(16(2,3)4)14(19)15(13)21;1-6-5-7(10)8(6)9(2,3)4;1-3-2;1-2-3/h17H,6-11H2,1-5H3;5H2,1-4H3;3H2,1-2H3;2-3H2,1H3. The first-order chi connectivity index (χ1) is 17.0. The zero-order valence-corrected chi connectivity index (χ0v) is 26.8. The lowest BCUT2D eigenvalue weighted by atomic mass is 9.73. The Bertz CT molecular complexity index is 883. The second-order valence-corrected chi connectivity index (χ2v) is 12.0. The molecule has 0 bridgehead atoms. The Balaban J connectivity index is 0. The van der Waals surface area contributed by atoms with Crippen LogP contribution in [0, 0.1) is 9.93 Å². The van der Waals surface area contributed by atoms with E-state index in [1.165, 1.54) is 12.0 Å². The van der Waals surface area contributed by atoms with Gasteiger partial charge in [-0.15, -0.1) is 0 Å². The Morgan fingerprint density at radius 1 is 0.973 bits per heavy atom. The molecule has 1 aliphatic carbocycles. The minimum absolute atomic E-state index is 0.0158. The van der Waals surface area contributed by atoms with Crippen LogP contribution in [0.4, 0.5) is 5.69 Å². The lowest BCUT2D eigenvalue weighted by Crippen LogP contribution is -2.31. The summed E-state index contributed by atoms with van der Waals surface area (Å²) < 4.78 is 6.03. The van der Waals surface area contributed by atoms with Crippen LogP contribution in [0.25, 0.3) is 0 Å². The molecule has 0 heterocycles. The Morgan fingerprint density at radius 2 is 1.49 bits per heavy atom. The second-order valence-electron chi connectivity index (χ2n) is 11.6. The topological polar surface area (TPSA) is 84.7 Å². The number of ether oxygens (including phenoxy) is 1. The number of likely N-dealkylation sites (N-methyl/N-ethyl adjacent to an activating group) is 1. The van der Waals surface area contributed by atoms with Gasteiger partial charge < -0.3 is 20.7 Å². The van der Waals surface area contributed by atoms with Crippen molar-refractivity contribution >= 4 is 23.7 Å². The molecule has 37 heavy (non-hydrogen) atoms. The zero-order valence-electron chi connectivity index (χ0n) is 26.0. The largest absolute Gasteiger partial charge is 0.381 e. The first-order valence-corrected chi connectivity index (χ1v) is 14.2. The molecule has 0 atom stereocenters. The van der Waals surface area contributed by atoms with E-state index in [0.29, 0.717) is 29.9 Å². The van der Waals surface area contributed by atoms with Crippen LogP contribution < -0.4 is 16.5 Å². The Labute approximate surface area is 233 Å². The predicted octanol–water partition coefficient (Wildman–Crippen LogP) is 6.42. The Kier molecular flexibility index (Phi) is 19.2. The predicted molar refractivity (Wildman–Crippen MR) is 164 cm³/mol. The van der Waals surface area contributed by atoms with Crippen molar-refractivity contribution in [3.63, 3.8) is 0 Å². The maximum absolute atomic E-state index is 11.8. The number of anilines is 1. The summed E-state index contributed by atoms with van der Waals surface area (Å²) in [6, 6.07) is 0. The fourth-order valence-corrected chi connectivity index (χ4v) is 4.22. The molecule has 0 fully saturated rings. The van der Waals surface area contributed by atoms with Gasteiger partial charge in [-0.1, -0.05) is 93.4 Å². The maximum Gasteiger partial charge on any atom is 0.204 e. The number of nitrogens with two attached hydrogens (primary N) is 1. The highest BCUT2D eigenvalue weighted by molar-refractivity contribution is 7.71. The number of hydrogen-bond acceptors (Lipinski definition) is 7. The molecule has 1 aromatic carbocycles. The summed E-state index contributed by atoms with van der Waals surface area (Å²) in [6.07, 6.45) is 3.10. The van der Waals surface area contributed by atoms with Crippen LogP contribution in [-0.4, -0.2) is 57.1 Å². The fourth-order valence-electron chi connectivity index (χ4n) is 3.95. The summed E-state index contributed by atoms with van der Waals surface area (Å²) in [5.41, 5.74) is 8.75. The van der Waals surface area contributed by atoms with Gasteiger partial charge in [-0.25, -0.2) is 0 Å². The highest BCUT2D eigenvalue weighted by Gasteiger charge is 2.32. The van der Waals surface area contributed by atoms with Crippen molar-refractivity contribution in [3.05, 3.63) is 31.4 Å². The highest BCUT2D eigenvalue weighted by atomic mass is 32.1. The van der Waals surface area contributed by atoms with Crippen LogP contribution >= 0.6 is 12.2 Å². The van der Waals surface area contributed by atoms with E-state index in [9.17, 15) is 9.59 Å². The Hall–Kier alpha value is -1.41. The molecule has 0 spiro atoms. The van der Waals surface area contributed by atoms with E-state index in [4.69, 9.17) is 22.7 Å². The summed E-state index contributed by atoms with van der Waals surface area (Å²) in [5.74, 6) is 0.338. The third kappa shape index (κ3) is 14.4. The van der Waals surface area contributed by atoms with E-state index >= 15 is 0 Å². The number of rotatable bonds is 9. The van der Waals surface area contributed by atoms with Crippen LogP contribution in [-0.2, 0) is 14.9 Å². The molecule has 0 aliphatic heterocycles. The molecule has 0 radical (unpaired) electrons. The summed E-state index contributed by atoms with van der Waals surface area (Å²) in [7, 11) is 2.10. The van der Waals surface area contributed by atoms with Gasteiger partial charge in [-0.05, 0) is 44.3 Å². The van der Waals surface area contributed by atoms with Crippen molar-refractivity contribution in [1.82, 2.24) is 4.90 Å². The van der Waals surface area contributed by atoms with Gasteiger partial charge in [0.25, 0.3) is 0 Å². The smallest absolute Gasteiger partial charge is 0.204 e. The maximum atomic E-state index is 11.8. The molecule has 0 saturated heterocycles. The van der Waals surface area contributed by atoms with Crippen molar-refractivity contribution in [2.24, 2.45) is 11.1 Å². The molecule has 1 aliphatic rings. The van der Waals surface area contributed by atoms with E-state index in [0.717, 1.165) is 49.5 Å². The van der Waals surface area contributed by atoms with Crippen LogP contribution in [0.1, 0.15) is 101 Å². The van der Waals surface area contributed by atoms with Crippen LogP contribution in [0.3, 0.4) is 0 Å². The van der Waals surface area contributed by atoms with E-state index in [1.54, 1.807) is 0 Å². The lowest BCUT2D eigenvalue weighted by Gasteiger charge is -2.30. The molecule has 0 amide bonds. The van der Waals surface area contributed by atoms with E-state index in [1.807, 2.05) is 34.6 Å².